The highest BCUT2D eigenvalue weighted by Gasteiger charge is 2.24. The molecule has 0 spiro atoms. The topological polar surface area (TPSA) is 65.0 Å². The molecule has 1 rings (SSSR count). The number of ether oxygens (including phenoxy) is 2. The van der Waals surface area contributed by atoms with E-state index in [-0.39, 0.29) is 18.1 Å². The summed E-state index contributed by atoms with van der Waals surface area (Å²) in [5.41, 5.74) is -0.530. The maximum absolute atomic E-state index is 12.0. The first-order valence-corrected chi connectivity index (χ1v) is 7.31. The van der Waals surface area contributed by atoms with Crippen molar-refractivity contribution < 1.29 is 19.1 Å². The zero-order valence-corrected chi connectivity index (χ0v) is 13.9. The van der Waals surface area contributed by atoms with Crippen LogP contribution in [-0.4, -0.2) is 24.4 Å². The van der Waals surface area contributed by atoms with E-state index in [4.69, 9.17) is 21.1 Å². The number of ketones is 1. The van der Waals surface area contributed by atoms with Crippen LogP contribution in [0.1, 0.15) is 34.1 Å². The van der Waals surface area contributed by atoms with Gasteiger partial charge in [0.25, 0.3) is 0 Å². The second-order valence-electron chi connectivity index (χ2n) is 5.61. The number of carbonyl (C=O) groups excluding carboxylic acids is 2. The zero-order valence-electron chi connectivity index (χ0n) is 13.2. The van der Waals surface area contributed by atoms with Gasteiger partial charge in [0.1, 0.15) is 11.5 Å². The van der Waals surface area contributed by atoms with E-state index in [0.717, 1.165) is 0 Å². The van der Waals surface area contributed by atoms with Gasteiger partial charge in [-0.3, -0.25) is 4.79 Å². The third-order valence-corrected chi connectivity index (χ3v) is 2.95. The van der Waals surface area contributed by atoms with E-state index < -0.39 is 11.5 Å². The van der Waals surface area contributed by atoms with Gasteiger partial charge in [-0.05, 0) is 31.2 Å². The predicted molar refractivity (Wildman–Crippen MR) is 85.6 cm³/mol. The molecule has 0 aliphatic heterocycles. The number of amides is 1. The minimum Gasteiger partial charge on any atom is -0.481 e. The summed E-state index contributed by atoms with van der Waals surface area (Å²) >= 11 is 5.75. The van der Waals surface area contributed by atoms with Crippen molar-refractivity contribution in [3.63, 3.8) is 0 Å². The van der Waals surface area contributed by atoms with Crippen molar-refractivity contribution in [1.82, 2.24) is 0 Å². The Labute approximate surface area is 135 Å². The molecular weight excluding hydrogens is 306 g/mol. The Bertz CT molecular complexity index is 559. The maximum Gasteiger partial charge on any atom is 0.442 e. The van der Waals surface area contributed by atoms with Crippen molar-refractivity contribution in [3.8, 4) is 5.75 Å². The highest BCUT2D eigenvalue weighted by molar-refractivity contribution is 6.30. The number of nitrogens with zero attached hydrogens (tertiary/aromatic N) is 1. The van der Waals surface area contributed by atoms with Crippen molar-refractivity contribution in [2.75, 3.05) is 6.61 Å². The Morgan fingerprint density at radius 1 is 1.18 bits per heavy atom. The average Bonchev–Trinajstić information content (AvgIpc) is 2.40. The molecule has 0 aliphatic rings. The molecule has 120 valence electrons. The average molecular weight is 326 g/mol. The number of hydrogen-bond donors (Lipinski definition) is 0. The van der Waals surface area contributed by atoms with Gasteiger partial charge in [0.15, 0.2) is 0 Å². The van der Waals surface area contributed by atoms with Gasteiger partial charge in [-0.2, -0.15) is 0 Å². The molecule has 22 heavy (non-hydrogen) atoms. The molecule has 1 aromatic rings. The lowest BCUT2D eigenvalue weighted by molar-refractivity contribution is -0.125. The van der Waals surface area contributed by atoms with Crippen molar-refractivity contribution in [3.05, 3.63) is 29.3 Å². The molecule has 0 fully saturated rings. The van der Waals surface area contributed by atoms with Gasteiger partial charge in [-0.15, -0.1) is 4.99 Å². The van der Waals surface area contributed by atoms with E-state index in [9.17, 15) is 9.59 Å². The quantitative estimate of drug-likeness (QED) is 0.612. The molecule has 1 amide bonds. The van der Waals surface area contributed by atoms with Crippen LogP contribution in [0.2, 0.25) is 5.02 Å². The molecule has 0 N–H and O–H groups in total. The van der Waals surface area contributed by atoms with Gasteiger partial charge in [0.2, 0.25) is 5.90 Å². The number of Topliss-reactive ketones (excluding diaryl/α,β-unsaturated/α-hetero) is 1. The van der Waals surface area contributed by atoms with Crippen LogP contribution in [0.25, 0.3) is 0 Å². The third-order valence-electron chi connectivity index (χ3n) is 2.69. The highest BCUT2D eigenvalue weighted by atomic mass is 35.5. The molecule has 0 aromatic heterocycles. The summed E-state index contributed by atoms with van der Waals surface area (Å²) in [7, 11) is 0. The molecule has 0 atom stereocenters. The first kappa shape index (κ1) is 18.2. The highest BCUT2D eigenvalue weighted by Crippen LogP contribution is 2.18. The maximum atomic E-state index is 12.0. The van der Waals surface area contributed by atoms with Crippen molar-refractivity contribution in [2.45, 2.75) is 34.1 Å². The van der Waals surface area contributed by atoms with Crippen LogP contribution < -0.4 is 4.74 Å². The Kier molecular flexibility index (Phi) is 6.56. The molecule has 0 aliphatic carbocycles. The Morgan fingerprint density at radius 2 is 1.77 bits per heavy atom. The van der Waals surface area contributed by atoms with Gasteiger partial charge in [0, 0.05) is 10.4 Å². The number of rotatable bonds is 4. The lowest BCUT2D eigenvalue weighted by Crippen LogP contribution is -2.25. The van der Waals surface area contributed by atoms with Crippen LogP contribution >= 0.6 is 11.6 Å². The van der Waals surface area contributed by atoms with E-state index in [0.29, 0.717) is 17.4 Å². The fraction of sp³-hybridized carbons (Fsp3) is 0.438. The second kappa shape index (κ2) is 7.94. The van der Waals surface area contributed by atoms with Crippen LogP contribution in [0, 0.1) is 5.41 Å². The summed E-state index contributed by atoms with van der Waals surface area (Å²) in [5.74, 6) is 0.302. The number of carbonyl (C=O) groups is 2. The minimum absolute atomic E-state index is 0.0486. The lowest BCUT2D eigenvalue weighted by atomic mass is 9.89. The largest absolute Gasteiger partial charge is 0.481 e. The second-order valence-corrected chi connectivity index (χ2v) is 6.05. The van der Waals surface area contributed by atoms with Crippen LogP contribution in [0.15, 0.2) is 29.3 Å². The van der Waals surface area contributed by atoms with Crippen LogP contribution in [-0.2, 0) is 9.53 Å². The molecule has 0 bridgehead atoms. The number of halogens is 1. The van der Waals surface area contributed by atoms with Crippen LogP contribution in [0.5, 0.6) is 5.75 Å². The van der Waals surface area contributed by atoms with Crippen LogP contribution in [0.4, 0.5) is 4.79 Å². The number of benzene rings is 1. The lowest BCUT2D eigenvalue weighted by Gasteiger charge is -2.17. The van der Waals surface area contributed by atoms with Gasteiger partial charge < -0.3 is 9.47 Å². The van der Waals surface area contributed by atoms with Crippen molar-refractivity contribution in [2.24, 2.45) is 10.4 Å². The summed E-state index contributed by atoms with van der Waals surface area (Å²) in [6.45, 7) is 7.45. The Morgan fingerprint density at radius 3 is 2.27 bits per heavy atom. The van der Waals surface area contributed by atoms with Gasteiger partial charge in [-0.25, -0.2) is 4.79 Å². The summed E-state index contributed by atoms with van der Waals surface area (Å²) < 4.78 is 10.3. The first-order chi connectivity index (χ1) is 10.2. The monoisotopic (exact) mass is 325 g/mol. The summed E-state index contributed by atoms with van der Waals surface area (Å²) in [6.07, 6.45) is -0.889. The molecule has 5 nitrogen and oxygen atoms in total. The molecule has 0 saturated heterocycles. The number of hydrogen-bond acceptors (Lipinski definition) is 4. The van der Waals surface area contributed by atoms with Crippen molar-refractivity contribution >= 4 is 29.4 Å². The Hall–Kier alpha value is -1.88. The standard InChI is InChI=1S/C16H20ClNO4/c1-5-21-14(10-13(19)16(2,3)4)18-15(20)22-12-8-6-11(17)7-9-12/h6-9H,5,10H2,1-4H3. The molecule has 0 heterocycles. The summed E-state index contributed by atoms with van der Waals surface area (Å²) in [4.78, 5) is 27.5. The fourth-order valence-corrected chi connectivity index (χ4v) is 1.55. The van der Waals surface area contributed by atoms with E-state index in [1.165, 1.54) is 0 Å². The summed E-state index contributed by atoms with van der Waals surface area (Å²) in [5, 5.41) is 0.536. The smallest absolute Gasteiger partial charge is 0.442 e. The van der Waals surface area contributed by atoms with E-state index in [2.05, 4.69) is 4.99 Å². The normalized spacial score (nSPS) is 12.0. The fourth-order valence-electron chi connectivity index (χ4n) is 1.42. The molecule has 0 saturated carbocycles. The minimum atomic E-state index is -0.840. The van der Waals surface area contributed by atoms with E-state index >= 15 is 0 Å². The Balaban J connectivity index is 2.77. The van der Waals surface area contributed by atoms with Gasteiger partial charge in [0.05, 0.1) is 13.0 Å². The first-order valence-electron chi connectivity index (χ1n) is 6.93. The van der Waals surface area contributed by atoms with Crippen LogP contribution in [0.3, 0.4) is 0 Å². The molecule has 0 radical (unpaired) electrons. The van der Waals surface area contributed by atoms with Gasteiger partial charge >= 0.3 is 6.09 Å². The molecule has 1 aromatic carbocycles. The molecular formula is C16H20ClNO4. The number of aliphatic imine (C=N–C) groups is 1. The molecule has 6 heteroatoms. The summed E-state index contributed by atoms with van der Waals surface area (Å²) in [6, 6.07) is 6.30. The SMILES string of the molecule is CCOC(CC(=O)C(C)(C)C)=NC(=O)Oc1ccc(Cl)cc1. The van der Waals surface area contributed by atoms with E-state index in [1.807, 2.05) is 0 Å². The molecule has 0 unspecified atom stereocenters. The zero-order chi connectivity index (χ0) is 16.8. The van der Waals surface area contributed by atoms with Gasteiger partial charge in [-0.1, -0.05) is 32.4 Å². The van der Waals surface area contributed by atoms with E-state index in [1.54, 1.807) is 52.0 Å². The predicted octanol–water partition coefficient (Wildman–Crippen LogP) is 4.28. The van der Waals surface area contributed by atoms with Crippen molar-refractivity contribution in [1.29, 1.82) is 0 Å². The third kappa shape index (κ3) is 6.26.